The van der Waals surface area contributed by atoms with Gasteiger partial charge in [0.05, 0.1) is 19.4 Å². The molecule has 0 spiro atoms. The summed E-state index contributed by atoms with van der Waals surface area (Å²) in [5.41, 5.74) is 2.03. The van der Waals surface area contributed by atoms with Crippen molar-refractivity contribution >= 4 is 19.6 Å². The van der Waals surface area contributed by atoms with Gasteiger partial charge in [-0.05, 0) is 43.5 Å². The molecule has 3 rings (SSSR count). The summed E-state index contributed by atoms with van der Waals surface area (Å²) in [6.45, 7) is 5.58. The third-order valence-corrected chi connectivity index (χ3v) is 6.48. The second kappa shape index (κ2) is 11.9. The lowest BCUT2D eigenvalue weighted by Crippen LogP contribution is -2.26. The number of carbonyl (C=O) groups excluding carboxylic acids is 1. The maximum Gasteiger partial charge on any atom is 0.335 e. The van der Waals surface area contributed by atoms with Crippen molar-refractivity contribution in [2.45, 2.75) is 39.6 Å². The second-order valence-corrected chi connectivity index (χ2v) is 10.9. The lowest BCUT2D eigenvalue weighted by molar-refractivity contribution is -0.149. The Balaban J connectivity index is 1.88. The van der Waals surface area contributed by atoms with Gasteiger partial charge in [0.1, 0.15) is 5.60 Å². The SMILES string of the molecule is CC(C)(C)OC(=O)/C(=C/c1ccccc1)CP(=O)(OCc1ccccc1)OCc1ccccc1. The topological polar surface area (TPSA) is 61.8 Å². The molecule has 0 aliphatic rings. The molecule has 0 amide bonds. The van der Waals surface area contributed by atoms with Crippen molar-refractivity contribution in [2.24, 2.45) is 0 Å². The minimum atomic E-state index is -3.73. The van der Waals surface area contributed by atoms with E-state index < -0.39 is 19.2 Å². The van der Waals surface area contributed by atoms with Crippen molar-refractivity contribution in [3.8, 4) is 0 Å². The molecule has 0 saturated carbocycles. The van der Waals surface area contributed by atoms with E-state index in [0.29, 0.717) is 0 Å². The van der Waals surface area contributed by atoms with Crippen molar-refractivity contribution in [1.29, 1.82) is 0 Å². The fourth-order valence-electron chi connectivity index (χ4n) is 3.09. The van der Waals surface area contributed by atoms with Crippen molar-refractivity contribution in [3.63, 3.8) is 0 Å². The largest absolute Gasteiger partial charge is 0.457 e. The van der Waals surface area contributed by atoms with Gasteiger partial charge in [0.2, 0.25) is 0 Å². The summed E-state index contributed by atoms with van der Waals surface area (Å²) in [5.74, 6) is -0.553. The fourth-order valence-corrected chi connectivity index (χ4v) is 4.68. The van der Waals surface area contributed by atoms with Crippen LogP contribution in [0.2, 0.25) is 0 Å². The Morgan fingerprint density at radius 3 is 1.65 bits per heavy atom. The Bertz CT molecular complexity index is 1070. The van der Waals surface area contributed by atoms with Gasteiger partial charge in [-0.15, -0.1) is 0 Å². The molecule has 3 aromatic carbocycles. The number of benzene rings is 3. The van der Waals surface area contributed by atoms with Crippen LogP contribution >= 0.6 is 7.60 Å². The van der Waals surface area contributed by atoms with E-state index >= 15 is 0 Å². The standard InChI is InChI=1S/C28H31O5P/c1-28(2,3)33-27(29)26(19-23-13-7-4-8-14-23)22-34(30,31-20-24-15-9-5-10-16-24)32-21-25-17-11-6-12-18-25/h4-19H,20-22H2,1-3H3/b26-19+. The predicted octanol–water partition coefficient (Wildman–Crippen LogP) is 7.04. The zero-order valence-corrected chi connectivity index (χ0v) is 20.7. The van der Waals surface area contributed by atoms with E-state index in [1.54, 1.807) is 26.8 Å². The van der Waals surface area contributed by atoms with Crippen LogP contribution in [-0.2, 0) is 36.4 Å². The van der Waals surface area contributed by atoms with E-state index in [1.807, 2.05) is 91.0 Å². The van der Waals surface area contributed by atoms with Crippen LogP contribution in [-0.4, -0.2) is 17.7 Å². The number of rotatable bonds is 10. The summed E-state index contributed by atoms with van der Waals surface area (Å²) >= 11 is 0. The van der Waals surface area contributed by atoms with Gasteiger partial charge in [-0.3, -0.25) is 4.57 Å². The molecule has 0 unspecified atom stereocenters. The molecule has 0 heterocycles. The molecule has 178 valence electrons. The van der Waals surface area contributed by atoms with Gasteiger partial charge in [-0.2, -0.15) is 0 Å². The van der Waals surface area contributed by atoms with E-state index in [9.17, 15) is 9.36 Å². The first-order valence-corrected chi connectivity index (χ1v) is 12.9. The number of hydrogen-bond acceptors (Lipinski definition) is 5. The van der Waals surface area contributed by atoms with Crippen LogP contribution in [0.3, 0.4) is 0 Å². The lowest BCUT2D eigenvalue weighted by Gasteiger charge is -2.23. The average molecular weight is 479 g/mol. The van der Waals surface area contributed by atoms with Gasteiger partial charge in [0, 0.05) is 5.57 Å². The highest BCUT2D eigenvalue weighted by atomic mass is 31.2. The first-order valence-electron chi connectivity index (χ1n) is 11.2. The molecular weight excluding hydrogens is 447 g/mol. The molecule has 0 aliphatic carbocycles. The van der Waals surface area contributed by atoms with Crippen LogP contribution in [0.15, 0.2) is 96.6 Å². The van der Waals surface area contributed by atoms with Crippen LogP contribution < -0.4 is 0 Å². The van der Waals surface area contributed by atoms with E-state index in [-0.39, 0.29) is 24.9 Å². The Kier molecular flexibility index (Phi) is 9.00. The molecule has 3 aromatic rings. The number of esters is 1. The summed E-state index contributed by atoms with van der Waals surface area (Å²) in [7, 11) is -3.73. The van der Waals surface area contributed by atoms with Gasteiger partial charge in [0.25, 0.3) is 0 Å². The molecule has 0 fully saturated rings. The first kappa shape index (κ1) is 25.6. The van der Waals surface area contributed by atoms with E-state index in [1.165, 1.54) is 0 Å². The normalized spacial score (nSPS) is 12.4. The van der Waals surface area contributed by atoms with Gasteiger partial charge in [0.15, 0.2) is 0 Å². The van der Waals surface area contributed by atoms with E-state index in [0.717, 1.165) is 16.7 Å². The molecule has 0 saturated heterocycles. The van der Waals surface area contributed by atoms with E-state index in [4.69, 9.17) is 13.8 Å². The third-order valence-electron chi connectivity index (χ3n) is 4.71. The van der Waals surface area contributed by atoms with Gasteiger partial charge in [-0.1, -0.05) is 91.0 Å². The Hall–Kier alpha value is -2.98. The highest BCUT2D eigenvalue weighted by molar-refractivity contribution is 7.54. The molecule has 5 nitrogen and oxygen atoms in total. The third kappa shape index (κ3) is 8.75. The van der Waals surface area contributed by atoms with Crippen LogP contribution in [0.1, 0.15) is 37.5 Å². The molecule has 34 heavy (non-hydrogen) atoms. The van der Waals surface area contributed by atoms with Gasteiger partial charge < -0.3 is 13.8 Å². The van der Waals surface area contributed by atoms with Crippen molar-refractivity contribution in [1.82, 2.24) is 0 Å². The quantitative estimate of drug-likeness (QED) is 0.178. The average Bonchev–Trinajstić information content (AvgIpc) is 2.82. The maximum absolute atomic E-state index is 13.9. The molecule has 0 N–H and O–H groups in total. The number of carbonyl (C=O) groups is 1. The van der Waals surface area contributed by atoms with Crippen molar-refractivity contribution in [2.75, 3.05) is 6.16 Å². The van der Waals surface area contributed by atoms with Gasteiger partial charge in [-0.25, -0.2) is 4.79 Å². The maximum atomic E-state index is 13.9. The Morgan fingerprint density at radius 2 is 1.21 bits per heavy atom. The monoisotopic (exact) mass is 478 g/mol. The van der Waals surface area contributed by atoms with E-state index in [2.05, 4.69) is 0 Å². The van der Waals surface area contributed by atoms with Crippen LogP contribution in [0, 0.1) is 0 Å². The summed E-state index contributed by atoms with van der Waals surface area (Å²) in [4.78, 5) is 13.1. The first-order chi connectivity index (χ1) is 16.2. The van der Waals surface area contributed by atoms with Crippen molar-refractivity contribution < 1.29 is 23.1 Å². The van der Waals surface area contributed by atoms with Crippen LogP contribution in [0.5, 0.6) is 0 Å². The Morgan fingerprint density at radius 1 is 0.765 bits per heavy atom. The van der Waals surface area contributed by atoms with Crippen LogP contribution in [0.25, 0.3) is 6.08 Å². The summed E-state index contributed by atoms with van der Waals surface area (Å²) in [6, 6.07) is 28.2. The minimum Gasteiger partial charge on any atom is -0.457 e. The Labute approximate surface area is 201 Å². The molecular formula is C28H31O5P. The molecule has 6 heteroatoms. The smallest absolute Gasteiger partial charge is 0.335 e. The molecule has 0 radical (unpaired) electrons. The number of hydrogen-bond donors (Lipinski definition) is 0. The zero-order chi connectivity index (χ0) is 24.4. The summed E-state index contributed by atoms with van der Waals surface area (Å²) < 4.78 is 31.3. The van der Waals surface area contributed by atoms with Crippen molar-refractivity contribution in [3.05, 3.63) is 113 Å². The lowest BCUT2D eigenvalue weighted by atomic mass is 10.1. The molecule has 0 atom stereocenters. The van der Waals surface area contributed by atoms with Crippen LogP contribution in [0.4, 0.5) is 0 Å². The summed E-state index contributed by atoms with van der Waals surface area (Å²) in [5, 5.41) is 0. The zero-order valence-electron chi connectivity index (χ0n) is 19.8. The second-order valence-electron chi connectivity index (χ2n) is 8.87. The summed E-state index contributed by atoms with van der Waals surface area (Å²) in [6.07, 6.45) is 1.47. The highest BCUT2D eigenvalue weighted by Crippen LogP contribution is 2.51. The molecule has 0 aromatic heterocycles. The van der Waals surface area contributed by atoms with Gasteiger partial charge >= 0.3 is 13.6 Å². The molecule has 0 aliphatic heterocycles. The number of ether oxygens (including phenoxy) is 1. The fraction of sp³-hybridized carbons (Fsp3) is 0.250. The predicted molar refractivity (Wildman–Crippen MR) is 135 cm³/mol. The molecule has 0 bridgehead atoms. The highest BCUT2D eigenvalue weighted by Gasteiger charge is 2.31. The minimum absolute atomic E-state index is 0.0971.